The Kier molecular flexibility index (Phi) is 3.29. The van der Waals surface area contributed by atoms with Gasteiger partial charge in [0.2, 0.25) is 18.2 Å². The van der Waals surface area contributed by atoms with Crippen LogP contribution in [0.3, 0.4) is 0 Å². The number of aliphatic hydroxyl groups excluding tert-OH is 1. The van der Waals surface area contributed by atoms with Gasteiger partial charge in [-0.2, -0.15) is 10.3 Å². The normalized spacial score (nSPS) is 31.4. The maximum absolute atomic E-state index is 12.3. The molecule has 0 saturated carbocycles. The summed E-state index contributed by atoms with van der Waals surface area (Å²) < 4.78 is -0.614. The monoisotopic (exact) mass is 309 g/mol. The summed E-state index contributed by atoms with van der Waals surface area (Å²) in [4.78, 5) is 14.1. The molecule has 8 nitrogen and oxygen atoms in total. The van der Waals surface area contributed by atoms with Gasteiger partial charge >= 0.3 is 0 Å². The zero-order valence-electron chi connectivity index (χ0n) is 12.6. The van der Waals surface area contributed by atoms with Crippen LogP contribution >= 0.6 is 0 Å². The fraction of sp³-hybridized carbons (Fsp3) is 0.500. The minimum absolute atomic E-state index is 0.00105. The molecule has 0 aromatic rings. The summed E-state index contributed by atoms with van der Waals surface area (Å²) in [5.41, 5.74) is -1.16. The smallest absolute Gasteiger partial charge is 0.247 e. The molecule has 2 atom stereocenters. The highest BCUT2D eigenvalue weighted by molar-refractivity contribution is 5.91. The number of carbonyl (C=O) groups excluding carboxylic acids is 1. The van der Waals surface area contributed by atoms with Gasteiger partial charge in [-0.05, 0) is 23.8 Å². The lowest BCUT2D eigenvalue weighted by atomic mass is 9.91. The van der Waals surface area contributed by atoms with Gasteiger partial charge in [-0.3, -0.25) is 10.0 Å². The van der Waals surface area contributed by atoms with Crippen molar-refractivity contribution in [2.75, 3.05) is 13.2 Å². The SMILES string of the molecule is CCC1N(O)C2=C[N+]1(O)N2C1(C(C)=O)C=CN(CCO)C=C1. The van der Waals surface area contributed by atoms with Gasteiger partial charge < -0.3 is 10.0 Å². The molecular formula is C14H21N4O4+. The molecular weight excluding hydrogens is 288 g/mol. The van der Waals surface area contributed by atoms with Crippen LogP contribution in [0, 0.1) is 0 Å². The van der Waals surface area contributed by atoms with Crippen LogP contribution in [0.25, 0.3) is 0 Å². The Morgan fingerprint density at radius 2 is 2.05 bits per heavy atom. The summed E-state index contributed by atoms with van der Waals surface area (Å²) in [6.45, 7) is 3.73. The van der Waals surface area contributed by atoms with Crippen molar-refractivity contribution in [2.45, 2.75) is 32.0 Å². The number of fused-ring (bicyclic) bond motifs is 1. The predicted octanol–water partition coefficient (Wildman–Crippen LogP) is 0.326. The Bertz CT molecular complexity index is 573. The Hall–Kier alpha value is -1.87. The van der Waals surface area contributed by atoms with E-state index in [1.165, 1.54) is 18.1 Å². The van der Waals surface area contributed by atoms with E-state index < -0.39 is 16.5 Å². The van der Waals surface area contributed by atoms with E-state index in [1.807, 2.05) is 6.92 Å². The second-order valence-corrected chi connectivity index (χ2v) is 5.71. The minimum atomic E-state index is -1.16. The second-order valence-electron chi connectivity index (χ2n) is 5.71. The molecule has 1 saturated heterocycles. The van der Waals surface area contributed by atoms with Crippen molar-refractivity contribution in [2.24, 2.45) is 0 Å². The molecule has 0 aromatic carbocycles. The van der Waals surface area contributed by atoms with Crippen molar-refractivity contribution in [3.63, 3.8) is 0 Å². The van der Waals surface area contributed by atoms with E-state index in [9.17, 15) is 15.2 Å². The number of hydrogen-bond donors (Lipinski definition) is 3. The molecule has 120 valence electrons. The van der Waals surface area contributed by atoms with E-state index in [2.05, 4.69) is 0 Å². The number of ketones is 1. The Morgan fingerprint density at radius 3 is 2.50 bits per heavy atom. The fourth-order valence-electron chi connectivity index (χ4n) is 3.29. The van der Waals surface area contributed by atoms with Crippen molar-refractivity contribution in [3.8, 4) is 0 Å². The minimum Gasteiger partial charge on any atom is -0.395 e. The maximum Gasteiger partial charge on any atom is 0.247 e. The van der Waals surface area contributed by atoms with Gasteiger partial charge in [0.05, 0.1) is 6.61 Å². The lowest BCUT2D eigenvalue weighted by Crippen LogP contribution is -2.68. The Balaban J connectivity index is 1.96. The highest BCUT2D eigenvalue weighted by Gasteiger charge is 2.70. The third kappa shape index (κ3) is 1.69. The summed E-state index contributed by atoms with van der Waals surface area (Å²) in [6, 6.07) is 0. The van der Waals surface area contributed by atoms with E-state index in [1.54, 1.807) is 29.5 Å². The highest BCUT2D eigenvalue weighted by Crippen LogP contribution is 2.50. The average molecular weight is 309 g/mol. The molecule has 3 N–H and O–H groups in total. The zero-order chi connectivity index (χ0) is 16.1. The number of hydrogen-bond acceptors (Lipinski definition) is 7. The van der Waals surface area contributed by atoms with Crippen LogP contribution in [0.2, 0.25) is 0 Å². The van der Waals surface area contributed by atoms with Crippen LogP contribution in [0.5, 0.6) is 0 Å². The van der Waals surface area contributed by atoms with Gasteiger partial charge in [0.15, 0.2) is 11.3 Å². The average Bonchev–Trinajstić information content (AvgIpc) is 2.84. The Labute approximate surface area is 128 Å². The third-order valence-corrected chi connectivity index (χ3v) is 4.48. The van der Waals surface area contributed by atoms with Crippen LogP contribution in [0.15, 0.2) is 36.6 Å². The summed E-state index contributed by atoms with van der Waals surface area (Å²) >= 11 is 0. The molecule has 0 amide bonds. The molecule has 4 aliphatic rings. The molecule has 1 fully saturated rings. The lowest BCUT2D eigenvalue weighted by Gasteiger charge is -2.46. The number of quaternary nitrogens is 1. The molecule has 22 heavy (non-hydrogen) atoms. The number of carbonyl (C=O) groups is 1. The van der Waals surface area contributed by atoms with Gasteiger partial charge in [0, 0.05) is 25.4 Å². The maximum atomic E-state index is 12.3. The first-order valence-electron chi connectivity index (χ1n) is 7.30. The molecule has 0 radical (unpaired) electrons. The Morgan fingerprint density at radius 1 is 1.41 bits per heavy atom. The second kappa shape index (κ2) is 4.82. The first-order chi connectivity index (χ1) is 10.4. The summed E-state index contributed by atoms with van der Waals surface area (Å²) in [7, 11) is 0. The molecule has 2 bridgehead atoms. The number of rotatable bonds is 5. The van der Waals surface area contributed by atoms with E-state index in [4.69, 9.17) is 5.11 Å². The summed E-state index contributed by atoms with van der Waals surface area (Å²) in [5, 5.41) is 32.4. The largest absolute Gasteiger partial charge is 0.395 e. The van der Waals surface area contributed by atoms with Gasteiger partial charge in [0.25, 0.3) is 0 Å². The van der Waals surface area contributed by atoms with E-state index in [-0.39, 0.29) is 12.4 Å². The molecule has 8 heteroatoms. The van der Waals surface area contributed by atoms with Gasteiger partial charge in [-0.15, -0.1) is 5.01 Å². The molecule has 4 aliphatic heterocycles. The topological polar surface area (TPSA) is 87.5 Å². The van der Waals surface area contributed by atoms with Gasteiger partial charge in [-0.1, -0.05) is 6.92 Å². The van der Waals surface area contributed by atoms with Crippen LogP contribution in [0.4, 0.5) is 0 Å². The highest BCUT2D eigenvalue weighted by atomic mass is 16.7. The van der Waals surface area contributed by atoms with Crippen molar-refractivity contribution in [1.82, 2.24) is 15.0 Å². The number of aliphatic hydroxyl groups is 1. The standard InChI is InChI=1S/C14H21N4O4/c1-3-13-16(21)12-10-18(13,22)17(12)14(11(2)20)4-6-15(7-5-14)8-9-19/h4-7,10,13,19,21-22H,3,8-9H2,1-2H3/q+1. The zero-order valence-corrected chi connectivity index (χ0v) is 12.6. The molecule has 4 heterocycles. The quantitative estimate of drug-likeness (QED) is 0.631. The van der Waals surface area contributed by atoms with Crippen LogP contribution in [-0.4, -0.2) is 65.9 Å². The lowest BCUT2D eigenvalue weighted by molar-refractivity contribution is -1.17. The predicted molar refractivity (Wildman–Crippen MR) is 75.2 cm³/mol. The van der Waals surface area contributed by atoms with Crippen molar-refractivity contribution in [1.29, 1.82) is 0 Å². The fourth-order valence-corrected chi connectivity index (χ4v) is 3.29. The van der Waals surface area contributed by atoms with E-state index in [0.29, 0.717) is 18.8 Å². The summed E-state index contributed by atoms with van der Waals surface area (Å²) in [6.07, 6.45) is 8.23. The molecule has 4 rings (SSSR count). The molecule has 0 aliphatic carbocycles. The van der Waals surface area contributed by atoms with E-state index >= 15 is 0 Å². The number of nitrogens with zero attached hydrogens (tertiary/aromatic N) is 4. The van der Waals surface area contributed by atoms with Crippen LogP contribution in [0.1, 0.15) is 20.3 Å². The molecule has 0 spiro atoms. The van der Waals surface area contributed by atoms with Crippen molar-refractivity contribution in [3.05, 3.63) is 36.6 Å². The number of Topliss-reactive ketones (excluding diaryl/α,β-unsaturated/α-hetero) is 1. The molecule has 0 aromatic heterocycles. The summed E-state index contributed by atoms with van der Waals surface area (Å²) in [5.74, 6) is 0.241. The number of β-amino-alcohol motifs (C(OH)–C–C–N with tert-alkyl or cyclic N) is 1. The van der Waals surface area contributed by atoms with Gasteiger partial charge in [0.1, 0.15) is 0 Å². The van der Waals surface area contributed by atoms with Crippen LogP contribution in [-0.2, 0) is 4.79 Å². The van der Waals surface area contributed by atoms with Crippen LogP contribution < -0.4 is 0 Å². The molecule has 2 unspecified atom stereocenters. The van der Waals surface area contributed by atoms with Gasteiger partial charge in [-0.25, -0.2) is 0 Å². The van der Waals surface area contributed by atoms with Crippen molar-refractivity contribution < 1.29 is 25.1 Å². The van der Waals surface area contributed by atoms with E-state index in [0.717, 1.165) is 5.06 Å². The first-order valence-corrected chi connectivity index (χ1v) is 7.30. The third-order valence-electron chi connectivity index (χ3n) is 4.48. The van der Waals surface area contributed by atoms with Crippen molar-refractivity contribution >= 4 is 5.78 Å². The first kappa shape index (κ1) is 15.0. The number of hydroxylamine groups is 4.